The highest BCUT2D eigenvalue weighted by Crippen LogP contribution is 2.23. The summed E-state index contributed by atoms with van der Waals surface area (Å²) < 4.78 is 16.7. The lowest BCUT2D eigenvalue weighted by atomic mass is 10.2. The van der Waals surface area contributed by atoms with Crippen LogP contribution >= 0.6 is 11.6 Å². The lowest BCUT2D eigenvalue weighted by Gasteiger charge is -2.31. The molecule has 0 unspecified atom stereocenters. The molecular weight excluding hydrogens is 396 g/mol. The number of morpholine rings is 1. The zero-order valence-corrected chi connectivity index (χ0v) is 16.3. The summed E-state index contributed by atoms with van der Waals surface area (Å²) >= 11 is 5.85. The molecule has 1 fully saturated rings. The Kier molecular flexibility index (Phi) is 6.02. The number of nitrogens with zero attached hydrogens (tertiary/aromatic N) is 4. The zero-order valence-electron chi connectivity index (χ0n) is 15.5. The Labute approximate surface area is 172 Å². The molecule has 3 heterocycles. The van der Waals surface area contributed by atoms with E-state index in [1.54, 1.807) is 41.4 Å². The first-order valence-corrected chi connectivity index (χ1v) is 9.59. The topological polar surface area (TPSA) is 90.6 Å². The van der Waals surface area contributed by atoms with Crippen LogP contribution in [0.25, 0.3) is 11.5 Å². The van der Waals surface area contributed by atoms with Gasteiger partial charge in [0, 0.05) is 17.8 Å². The molecule has 150 valence electrons. The minimum Gasteiger partial charge on any atom is -0.493 e. The summed E-state index contributed by atoms with van der Waals surface area (Å²) in [5, 5.41) is 4.60. The summed E-state index contributed by atoms with van der Waals surface area (Å²) in [7, 11) is 0. The second-order valence-electron chi connectivity index (χ2n) is 6.42. The Morgan fingerprint density at radius 1 is 1.24 bits per heavy atom. The Morgan fingerprint density at radius 2 is 2.10 bits per heavy atom. The maximum absolute atomic E-state index is 12.5. The lowest BCUT2D eigenvalue weighted by molar-refractivity contribution is -0.140. The van der Waals surface area contributed by atoms with Crippen LogP contribution in [0.2, 0.25) is 5.02 Å². The largest absolute Gasteiger partial charge is 0.493 e. The first kappa shape index (κ1) is 19.4. The van der Waals surface area contributed by atoms with Crippen molar-refractivity contribution < 1.29 is 18.8 Å². The maximum atomic E-state index is 12.5. The van der Waals surface area contributed by atoms with Crippen LogP contribution < -0.4 is 4.74 Å². The van der Waals surface area contributed by atoms with Gasteiger partial charge in [-0.25, -0.2) is 0 Å². The van der Waals surface area contributed by atoms with E-state index in [1.165, 1.54) is 0 Å². The quantitative estimate of drug-likeness (QED) is 0.611. The molecule has 1 atom stereocenters. The number of benzene rings is 1. The van der Waals surface area contributed by atoms with Gasteiger partial charge in [-0.05, 0) is 36.4 Å². The van der Waals surface area contributed by atoms with Gasteiger partial charge in [0.2, 0.25) is 11.7 Å². The normalized spacial score (nSPS) is 16.6. The predicted octanol–water partition coefficient (Wildman–Crippen LogP) is 3.15. The molecule has 1 saturated heterocycles. The molecule has 8 nitrogen and oxygen atoms in total. The summed E-state index contributed by atoms with van der Waals surface area (Å²) in [6.45, 7) is 1.55. The van der Waals surface area contributed by atoms with Crippen LogP contribution in [-0.4, -0.2) is 52.2 Å². The molecule has 1 aliphatic heterocycles. The number of rotatable bonds is 6. The average Bonchev–Trinajstić information content (AvgIpc) is 3.26. The number of aromatic nitrogens is 3. The highest BCUT2D eigenvalue weighted by molar-refractivity contribution is 6.30. The van der Waals surface area contributed by atoms with Gasteiger partial charge >= 0.3 is 0 Å². The average molecular weight is 415 g/mol. The van der Waals surface area contributed by atoms with Gasteiger partial charge in [0.15, 0.2) is 6.10 Å². The fourth-order valence-electron chi connectivity index (χ4n) is 2.94. The molecule has 0 bridgehead atoms. The molecule has 0 radical (unpaired) electrons. The van der Waals surface area contributed by atoms with Crippen molar-refractivity contribution in [3.05, 3.63) is 59.6 Å². The highest BCUT2D eigenvalue weighted by atomic mass is 35.5. The van der Waals surface area contributed by atoms with Crippen LogP contribution in [0, 0.1) is 0 Å². The second kappa shape index (κ2) is 9.02. The second-order valence-corrected chi connectivity index (χ2v) is 6.86. The third kappa shape index (κ3) is 4.90. The first-order chi connectivity index (χ1) is 14.2. The first-order valence-electron chi connectivity index (χ1n) is 9.22. The third-order valence-electron chi connectivity index (χ3n) is 4.43. The van der Waals surface area contributed by atoms with Crippen LogP contribution in [0.1, 0.15) is 18.4 Å². The molecular formula is C20H19ClN4O4. The summed E-state index contributed by atoms with van der Waals surface area (Å²) in [6, 6.07) is 12.5. The minimum atomic E-state index is -0.463. The number of ether oxygens (including phenoxy) is 2. The van der Waals surface area contributed by atoms with E-state index in [0.29, 0.717) is 47.9 Å². The van der Waals surface area contributed by atoms with Gasteiger partial charge in [-0.2, -0.15) is 4.98 Å². The van der Waals surface area contributed by atoms with E-state index in [9.17, 15) is 4.79 Å². The van der Waals surface area contributed by atoms with Crippen molar-refractivity contribution in [2.75, 3.05) is 26.3 Å². The van der Waals surface area contributed by atoms with Gasteiger partial charge in [0.1, 0.15) is 11.4 Å². The number of hydrogen-bond acceptors (Lipinski definition) is 7. The fraction of sp³-hybridized carbons (Fsp3) is 0.300. The van der Waals surface area contributed by atoms with Gasteiger partial charge < -0.3 is 18.9 Å². The van der Waals surface area contributed by atoms with Crippen molar-refractivity contribution >= 4 is 17.5 Å². The van der Waals surface area contributed by atoms with E-state index >= 15 is 0 Å². The lowest BCUT2D eigenvalue weighted by Crippen LogP contribution is -2.42. The van der Waals surface area contributed by atoms with Crippen molar-refractivity contribution in [1.29, 1.82) is 0 Å². The summed E-state index contributed by atoms with van der Waals surface area (Å²) in [5.74, 6) is 1.39. The number of halogens is 1. The van der Waals surface area contributed by atoms with Crippen molar-refractivity contribution in [1.82, 2.24) is 20.0 Å². The monoisotopic (exact) mass is 414 g/mol. The van der Waals surface area contributed by atoms with Gasteiger partial charge in [0.25, 0.3) is 5.89 Å². The number of pyridine rings is 1. The van der Waals surface area contributed by atoms with Crippen molar-refractivity contribution in [2.24, 2.45) is 0 Å². The van der Waals surface area contributed by atoms with Crippen LogP contribution in [0.3, 0.4) is 0 Å². The Balaban J connectivity index is 1.31. The predicted molar refractivity (Wildman–Crippen MR) is 104 cm³/mol. The SMILES string of the molecule is O=C(CCOc1ccc(Cl)cc1)N1CCO[C@@H](c2nc(-c3ccccn3)no2)C1. The minimum absolute atomic E-state index is 0.0169. The molecule has 3 aromatic rings. The summed E-state index contributed by atoms with van der Waals surface area (Å²) in [4.78, 5) is 22.8. The van der Waals surface area contributed by atoms with Gasteiger partial charge in [0.05, 0.1) is 26.2 Å². The van der Waals surface area contributed by atoms with E-state index in [-0.39, 0.29) is 18.9 Å². The molecule has 0 N–H and O–H groups in total. The smallest absolute Gasteiger partial charge is 0.257 e. The fourth-order valence-corrected chi connectivity index (χ4v) is 3.06. The molecule has 1 amide bonds. The van der Waals surface area contributed by atoms with E-state index in [0.717, 1.165) is 0 Å². The van der Waals surface area contributed by atoms with Crippen LogP contribution in [0.5, 0.6) is 5.75 Å². The van der Waals surface area contributed by atoms with Crippen LogP contribution in [0.15, 0.2) is 53.2 Å². The molecule has 9 heteroatoms. The Bertz CT molecular complexity index is 949. The molecule has 0 saturated carbocycles. The van der Waals surface area contributed by atoms with Crippen LogP contribution in [-0.2, 0) is 9.53 Å². The standard InChI is InChI=1S/C20H19ClN4O4/c21-14-4-6-15(7-5-14)27-11-8-18(26)25-10-12-28-17(13-25)20-23-19(24-29-20)16-3-1-2-9-22-16/h1-7,9,17H,8,10-13H2/t17-/m1/s1. The number of amides is 1. The van der Waals surface area contributed by atoms with Gasteiger partial charge in [-0.1, -0.05) is 22.8 Å². The molecule has 4 rings (SSSR count). The molecule has 1 aromatic carbocycles. The summed E-state index contributed by atoms with van der Waals surface area (Å²) in [5.41, 5.74) is 0.616. The van der Waals surface area contributed by atoms with E-state index in [4.69, 9.17) is 25.6 Å². The molecule has 1 aliphatic rings. The third-order valence-corrected chi connectivity index (χ3v) is 4.68. The number of carbonyl (C=O) groups excluding carboxylic acids is 1. The molecule has 0 spiro atoms. The van der Waals surface area contributed by atoms with Crippen LogP contribution in [0.4, 0.5) is 0 Å². The van der Waals surface area contributed by atoms with Crippen molar-refractivity contribution in [3.8, 4) is 17.3 Å². The number of carbonyl (C=O) groups is 1. The van der Waals surface area contributed by atoms with Gasteiger partial charge in [-0.3, -0.25) is 9.78 Å². The molecule has 0 aliphatic carbocycles. The Morgan fingerprint density at radius 3 is 2.90 bits per heavy atom. The van der Waals surface area contributed by atoms with E-state index < -0.39 is 6.10 Å². The Hall–Kier alpha value is -2.97. The van der Waals surface area contributed by atoms with E-state index in [2.05, 4.69) is 15.1 Å². The van der Waals surface area contributed by atoms with E-state index in [1.807, 2.05) is 12.1 Å². The maximum Gasteiger partial charge on any atom is 0.257 e. The highest BCUT2D eigenvalue weighted by Gasteiger charge is 2.29. The molecule has 29 heavy (non-hydrogen) atoms. The number of hydrogen-bond donors (Lipinski definition) is 0. The van der Waals surface area contributed by atoms with Gasteiger partial charge in [-0.15, -0.1) is 0 Å². The van der Waals surface area contributed by atoms with Crippen molar-refractivity contribution in [3.63, 3.8) is 0 Å². The van der Waals surface area contributed by atoms with Crippen molar-refractivity contribution in [2.45, 2.75) is 12.5 Å². The zero-order chi connectivity index (χ0) is 20.1. The molecule has 2 aromatic heterocycles. The summed E-state index contributed by atoms with van der Waals surface area (Å²) in [6.07, 6.45) is 1.46.